The van der Waals surface area contributed by atoms with Crippen LogP contribution in [0.5, 0.6) is 0 Å². The van der Waals surface area contributed by atoms with Crippen molar-refractivity contribution in [2.75, 3.05) is 0 Å². The highest BCUT2D eigenvalue weighted by molar-refractivity contribution is 7.90. The third-order valence-corrected chi connectivity index (χ3v) is 5.13. The van der Waals surface area contributed by atoms with Gasteiger partial charge in [-0.3, -0.25) is 0 Å². The second kappa shape index (κ2) is 3.81. The van der Waals surface area contributed by atoms with E-state index in [2.05, 4.69) is 32.4 Å². The van der Waals surface area contributed by atoms with E-state index in [1.165, 1.54) is 0 Å². The van der Waals surface area contributed by atoms with E-state index in [-0.39, 0.29) is 17.2 Å². The monoisotopic (exact) mass is 219 g/mol. The van der Waals surface area contributed by atoms with Gasteiger partial charge in [-0.1, -0.05) is 27.7 Å². The summed E-state index contributed by atoms with van der Waals surface area (Å²) in [5.41, 5.74) is 0. The van der Waals surface area contributed by atoms with Gasteiger partial charge in [-0.25, -0.2) is 13.1 Å². The number of nitrogens with one attached hydrogen (secondary N) is 1. The smallest absolute Gasteiger partial charge is 0.212 e. The standard InChI is InChI=1S/C10H21NO2S/c1-6(2)9-8(5)14(12,13)11-10(9)7(3)4/h6-11H,1-5H3/t8-,9-,10-/m1/s1. The molecule has 0 radical (unpaired) electrons. The number of hydrogen-bond acceptors (Lipinski definition) is 2. The second-order valence-corrected chi connectivity index (χ2v) is 7.03. The summed E-state index contributed by atoms with van der Waals surface area (Å²) in [6.07, 6.45) is 0. The maximum Gasteiger partial charge on any atom is 0.214 e. The molecule has 0 aromatic carbocycles. The molecule has 4 heteroatoms. The fraction of sp³-hybridized carbons (Fsp3) is 1.00. The Bertz CT molecular complexity index is 295. The van der Waals surface area contributed by atoms with Crippen LogP contribution in [0.1, 0.15) is 34.6 Å². The highest BCUT2D eigenvalue weighted by Gasteiger charge is 2.46. The molecule has 0 aromatic rings. The van der Waals surface area contributed by atoms with Crippen molar-refractivity contribution in [3.05, 3.63) is 0 Å². The van der Waals surface area contributed by atoms with Gasteiger partial charge in [0.1, 0.15) is 0 Å². The Morgan fingerprint density at radius 1 is 1.07 bits per heavy atom. The lowest BCUT2D eigenvalue weighted by molar-refractivity contribution is 0.272. The normalized spacial score (nSPS) is 36.9. The average Bonchev–Trinajstić information content (AvgIpc) is 2.23. The maximum absolute atomic E-state index is 11.7. The summed E-state index contributed by atoms with van der Waals surface area (Å²) in [6.45, 7) is 10.1. The van der Waals surface area contributed by atoms with Gasteiger partial charge in [-0.05, 0) is 24.7 Å². The molecule has 0 bridgehead atoms. The summed E-state index contributed by atoms with van der Waals surface area (Å²) in [5, 5.41) is -0.255. The van der Waals surface area contributed by atoms with Crippen molar-refractivity contribution in [3.63, 3.8) is 0 Å². The first-order valence-corrected chi connectivity index (χ1v) is 6.83. The highest BCUT2D eigenvalue weighted by atomic mass is 32.2. The van der Waals surface area contributed by atoms with E-state index in [0.29, 0.717) is 11.8 Å². The van der Waals surface area contributed by atoms with E-state index in [4.69, 9.17) is 0 Å². The topological polar surface area (TPSA) is 46.2 Å². The molecule has 1 heterocycles. The summed E-state index contributed by atoms with van der Waals surface area (Å²) < 4.78 is 26.1. The summed E-state index contributed by atoms with van der Waals surface area (Å²) in [5.74, 6) is 1.00. The van der Waals surface area contributed by atoms with Crippen LogP contribution in [-0.4, -0.2) is 19.7 Å². The summed E-state index contributed by atoms with van der Waals surface area (Å²) in [6, 6.07) is 0.106. The highest BCUT2D eigenvalue weighted by Crippen LogP contribution is 2.33. The minimum absolute atomic E-state index is 0.106. The minimum atomic E-state index is -3.06. The van der Waals surface area contributed by atoms with Gasteiger partial charge in [0.2, 0.25) is 10.0 Å². The van der Waals surface area contributed by atoms with Gasteiger partial charge in [0.25, 0.3) is 0 Å². The second-order valence-electron chi connectivity index (χ2n) is 4.96. The van der Waals surface area contributed by atoms with Gasteiger partial charge in [0.15, 0.2) is 0 Å². The van der Waals surface area contributed by atoms with Crippen molar-refractivity contribution in [3.8, 4) is 0 Å². The van der Waals surface area contributed by atoms with Crippen LogP contribution >= 0.6 is 0 Å². The van der Waals surface area contributed by atoms with Crippen molar-refractivity contribution < 1.29 is 8.42 Å². The number of rotatable bonds is 2. The van der Waals surface area contributed by atoms with Gasteiger partial charge < -0.3 is 0 Å². The third-order valence-electron chi connectivity index (χ3n) is 3.23. The van der Waals surface area contributed by atoms with Gasteiger partial charge >= 0.3 is 0 Å². The molecular weight excluding hydrogens is 198 g/mol. The molecule has 1 fully saturated rings. The molecule has 0 aromatic heterocycles. The zero-order valence-corrected chi connectivity index (χ0v) is 10.4. The molecule has 1 N–H and O–H groups in total. The Morgan fingerprint density at radius 3 is 1.86 bits per heavy atom. The molecule has 1 rings (SSSR count). The Hall–Kier alpha value is -0.0900. The molecule has 1 aliphatic rings. The molecule has 1 saturated heterocycles. The van der Waals surface area contributed by atoms with Gasteiger partial charge in [0.05, 0.1) is 5.25 Å². The third kappa shape index (κ3) is 1.96. The van der Waals surface area contributed by atoms with Crippen molar-refractivity contribution in [1.29, 1.82) is 0 Å². The Balaban J connectivity index is 3.00. The lowest BCUT2D eigenvalue weighted by atomic mass is 9.81. The van der Waals surface area contributed by atoms with Crippen molar-refractivity contribution >= 4 is 10.0 Å². The molecule has 0 amide bonds. The molecule has 0 saturated carbocycles. The average molecular weight is 219 g/mol. The summed E-state index contributed by atoms with van der Waals surface area (Å²) >= 11 is 0. The van der Waals surface area contributed by atoms with E-state index < -0.39 is 10.0 Å². The summed E-state index contributed by atoms with van der Waals surface area (Å²) in [7, 11) is -3.06. The van der Waals surface area contributed by atoms with E-state index in [1.54, 1.807) is 0 Å². The lowest BCUT2D eigenvalue weighted by Gasteiger charge is -2.26. The van der Waals surface area contributed by atoms with Crippen LogP contribution in [0.3, 0.4) is 0 Å². The van der Waals surface area contributed by atoms with E-state index in [9.17, 15) is 8.42 Å². The van der Waals surface area contributed by atoms with Crippen molar-refractivity contribution in [2.45, 2.75) is 45.9 Å². The molecule has 3 atom stereocenters. The zero-order valence-electron chi connectivity index (χ0n) is 9.61. The van der Waals surface area contributed by atoms with Crippen LogP contribution in [0, 0.1) is 17.8 Å². The van der Waals surface area contributed by atoms with Crippen molar-refractivity contribution in [2.24, 2.45) is 17.8 Å². The maximum atomic E-state index is 11.7. The molecule has 0 aliphatic carbocycles. The van der Waals surface area contributed by atoms with Crippen LogP contribution in [0.2, 0.25) is 0 Å². The van der Waals surface area contributed by atoms with Gasteiger partial charge in [-0.2, -0.15) is 0 Å². The molecule has 1 aliphatic heterocycles. The van der Waals surface area contributed by atoms with E-state index in [1.807, 2.05) is 6.92 Å². The predicted molar refractivity (Wildman–Crippen MR) is 58.5 cm³/mol. The van der Waals surface area contributed by atoms with E-state index in [0.717, 1.165) is 0 Å². The minimum Gasteiger partial charge on any atom is -0.212 e. The first-order chi connectivity index (χ1) is 6.27. The first-order valence-electron chi connectivity index (χ1n) is 5.28. The number of hydrogen-bond donors (Lipinski definition) is 1. The van der Waals surface area contributed by atoms with Crippen LogP contribution in [0.4, 0.5) is 0 Å². The molecule has 0 unspecified atom stereocenters. The molecular formula is C10H21NO2S. The fourth-order valence-electron chi connectivity index (χ4n) is 2.41. The van der Waals surface area contributed by atoms with Crippen LogP contribution in [-0.2, 0) is 10.0 Å². The SMILES string of the molecule is CC(C)[C@H]1[C@@H](C(C)C)NS(=O)(=O)[C@@H]1C. The zero-order chi connectivity index (χ0) is 11.1. The van der Waals surface area contributed by atoms with Gasteiger partial charge in [0, 0.05) is 6.04 Å². The largest absolute Gasteiger partial charge is 0.214 e. The Kier molecular flexibility index (Phi) is 3.26. The summed E-state index contributed by atoms with van der Waals surface area (Å²) in [4.78, 5) is 0. The van der Waals surface area contributed by atoms with Gasteiger partial charge in [-0.15, -0.1) is 0 Å². The van der Waals surface area contributed by atoms with Crippen LogP contribution < -0.4 is 4.72 Å². The number of sulfonamides is 1. The molecule has 14 heavy (non-hydrogen) atoms. The Morgan fingerprint density at radius 2 is 1.57 bits per heavy atom. The van der Waals surface area contributed by atoms with Crippen LogP contribution in [0.15, 0.2) is 0 Å². The first kappa shape index (κ1) is 12.0. The van der Waals surface area contributed by atoms with Crippen LogP contribution in [0.25, 0.3) is 0 Å². The Labute approximate surface area is 87.3 Å². The molecule has 84 valence electrons. The molecule has 3 nitrogen and oxygen atoms in total. The molecule has 0 spiro atoms. The van der Waals surface area contributed by atoms with E-state index >= 15 is 0 Å². The fourth-order valence-corrected chi connectivity index (χ4v) is 4.33. The lowest BCUT2D eigenvalue weighted by Crippen LogP contribution is -2.36. The predicted octanol–water partition coefficient (Wildman–Crippen LogP) is 1.60. The van der Waals surface area contributed by atoms with Crippen molar-refractivity contribution in [1.82, 2.24) is 4.72 Å². The quantitative estimate of drug-likeness (QED) is 0.767.